The number of carboxylic acids is 1. The number of nitrogens with zero attached hydrogens (tertiary/aromatic N) is 4. The fourth-order valence-electron chi connectivity index (χ4n) is 6.57. The van der Waals surface area contributed by atoms with Crippen LogP contribution in [0.4, 0.5) is 14.6 Å². The Morgan fingerprint density at radius 3 is 2.67 bits per heavy atom. The maximum Gasteiger partial charge on any atom is 0.326 e. The monoisotopic (exact) mass is 664 g/mol. The van der Waals surface area contributed by atoms with Crippen LogP contribution < -0.4 is 9.64 Å². The lowest BCUT2D eigenvalue weighted by molar-refractivity contribution is -0.138. The van der Waals surface area contributed by atoms with E-state index in [0.29, 0.717) is 16.5 Å². The van der Waals surface area contributed by atoms with Crippen molar-refractivity contribution in [3.8, 4) is 5.88 Å². The Morgan fingerprint density at radius 1 is 1.24 bits per heavy atom. The van der Waals surface area contributed by atoms with Crippen molar-refractivity contribution >= 4 is 55.3 Å². The quantitative estimate of drug-likeness (QED) is 0.265. The van der Waals surface area contributed by atoms with Gasteiger partial charge in [0.25, 0.3) is 6.43 Å². The first-order valence-corrected chi connectivity index (χ1v) is 16.3. The summed E-state index contributed by atoms with van der Waals surface area (Å²) in [7, 11) is -1.97. The zero-order valence-corrected chi connectivity index (χ0v) is 26.4. The molecule has 0 radical (unpaired) electrons. The van der Waals surface area contributed by atoms with Crippen molar-refractivity contribution in [1.29, 1.82) is 0 Å². The molecule has 3 aromatic heterocycles. The first kappa shape index (κ1) is 31.4. The molecule has 2 aliphatic heterocycles. The fraction of sp³-hybridized carbons (Fsp3) is 0.467. The van der Waals surface area contributed by atoms with Crippen molar-refractivity contribution in [1.82, 2.24) is 15.0 Å². The Bertz CT molecular complexity index is 1920. The number of para-hydroxylation sites is 1. The molecule has 0 amide bonds. The lowest BCUT2D eigenvalue weighted by Crippen LogP contribution is -2.54. The molecule has 2 aliphatic rings. The average molecular weight is 665 g/mol. The molecule has 2 fully saturated rings. The Kier molecular flexibility index (Phi) is 7.68. The van der Waals surface area contributed by atoms with Crippen LogP contribution in [-0.2, 0) is 25.0 Å². The number of aliphatic carboxylic acids is 1. The molecular formula is C30H31ClF2N4O7S. The summed E-state index contributed by atoms with van der Waals surface area (Å²) < 4.78 is 71.2. The minimum absolute atomic E-state index is 0.0514. The van der Waals surface area contributed by atoms with E-state index in [4.69, 9.17) is 25.5 Å². The summed E-state index contributed by atoms with van der Waals surface area (Å²) in [5, 5.41) is 11.0. The summed E-state index contributed by atoms with van der Waals surface area (Å²) in [5.74, 6) is -2.62. The number of pyridine rings is 1. The smallest absolute Gasteiger partial charge is 0.326 e. The highest BCUT2D eigenvalue weighted by molar-refractivity contribution is 7.92. The maximum atomic E-state index is 14.0. The number of carboxylic acid groups (broad SMARTS) is 1. The standard InChI is InChI=1S/C30H31ClF2N4O7S/c1-15-13-45(40,41)29(2,3)14-30(15,42-4)19-9-16(31)11-34-27(19)43-17-10-20(28(38)39)37(12-17)26-23-22(35-25(36-26)24(32)33)18-7-5-6-8-21(18)44-23/h5-9,11,15,17,20,24H,10,12-14H2,1-4H3,(H,38,39)/t15-,17-,20-,30+/m0/s1. The van der Waals surface area contributed by atoms with E-state index in [1.807, 2.05) is 0 Å². The van der Waals surface area contributed by atoms with E-state index in [-0.39, 0.29) is 53.0 Å². The number of fused-ring (bicyclic) bond motifs is 3. The van der Waals surface area contributed by atoms with Crippen LogP contribution in [0.25, 0.3) is 22.1 Å². The van der Waals surface area contributed by atoms with Crippen LogP contribution in [0.1, 0.15) is 51.4 Å². The number of halogens is 3. The summed E-state index contributed by atoms with van der Waals surface area (Å²) in [6, 6.07) is 7.18. The molecule has 15 heteroatoms. The number of ether oxygens (including phenoxy) is 2. The summed E-state index contributed by atoms with van der Waals surface area (Å²) in [6.07, 6.45) is -2.40. The third-order valence-corrected chi connectivity index (χ3v) is 11.9. The Labute approximate surface area is 262 Å². The van der Waals surface area contributed by atoms with Gasteiger partial charge in [-0.25, -0.2) is 36.9 Å². The van der Waals surface area contributed by atoms with Gasteiger partial charge in [-0.2, -0.15) is 0 Å². The van der Waals surface area contributed by atoms with E-state index < -0.39 is 56.5 Å². The van der Waals surface area contributed by atoms with Gasteiger partial charge in [0.2, 0.25) is 5.88 Å². The Morgan fingerprint density at radius 2 is 1.98 bits per heavy atom. The zero-order chi connectivity index (χ0) is 32.5. The third kappa shape index (κ3) is 5.16. The highest BCUT2D eigenvalue weighted by Gasteiger charge is 2.55. The number of carbonyl (C=O) groups is 1. The molecule has 4 atom stereocenters. The molecule has 0 aliphatic carbocycles. The maximum absolute atomic E-state index is 14.0. The van der Waals surface area contributed by atoms with Crippen molar-refractivity contribution in [3.05, 3.63) is 52.9 Å². The molecule has 240 valence electrons. The lowest BCUT2D eigenvalue weighted by Gasteiger charge is -2.48. The first-order chi connectivity index (χ1) is 21.2. The molecule has 11 nitrogen and oxygen atoms in total. The second-order valence-electron chi connectivity index (χ2n) is 12.2. The van der Waals surface area contributed by atoms with Crippen LogP contribution in [0, 0.1) is 5.92 Å². The average Bonchev–Trinajstić information content (AvgIpc) is 3.57. The van der Waals surface area contributed by atoms with Crippen molar-refractivity contribution in [2.45, 2.75) is 62.5 Å². The summed E-state index contributed by atoms with van der Waals surface area (Å²) in [4.78, 5) is 26.4. The van der Waals surface area contributed by atoms with E-state index in [0.717, 1.165) is 0 Å². The molecule has 1 aromatic carbocycles. The summed E-state index contributed by atoms with van der Waals surface area (Å²) in [5.41, 5.74) is -0.103. The number of aromatic nitrogens is 3. The number of furan rings is 1. The van der Waals surface area contributed by atoms with Gasteiger partial charge in [-0.05, 0) is 32.0 Å². The largest absolute Gasteiger partial charge is 0.480 e. The Balaban J connectivity index is 1.41. The molecule has 6 rings (SSSR count). The topological polar surface area (TPSA) is 145 Å². The second kappa shape index (κ2) is 11.0. The number of benzene rings is 1. The summed E-state index contributed by atoms with van der Waals surface area (Å²) in [6.45, 7) is 4.98. The molecule has 2 saturated heterocycles. The number of hydrogen-bond acceptors (Lipinski definition) is 10. The number of sulfone groups is 1. The van der Waals surface area contributed by atoms with Crippen LogP contribution in [0.15, 0.2) is 40.9 Å². The van der Waals surface area contributed by atoms with Gasteiger partial charge in [0.15, 0.2) is 27.1 Å². The number of methoxy groups -OCH3 is 1. The predicted molar refractivity (Wildman–Crippen MR) is 162 cm³/mol. The van der Waals surface area contributed by atoms with E-state index in [1.54, 1.807) is 51.1 Å². The van der Waals surface area contributed by atoms with Crippen LogP contribution in [0.3, 0.4) is 0 Å². The molecule has 45 heavy (non-hydrogen) atoms. The normalized spacial score (nSPS) is 26.1. The molecular weight excluding hydrogens is 634 g/mol. The van der Waals surface area contributed by atoms with Gasteiger partial charge in [-0.15, -0.1) is 0 Å². The minimum Gasteiger partial charge on any atom is -0.480 e. The van der Waals surface area contributed by atoms with Gasteiger partial charge in [0, 0.05) is 43.0 Å². The van der Waals surface area contributed by atoms with Crippen LogP contribution in [0.5, 0.6) is 5.88 Å². The number of rotatable bonds is 7. The fourth-order valence-corrected chi connectivity index (χ4v) is 8.54. The predicted octanol–water partition coefficient (Wildman–Crippen LogP) is 5.55. The number of hydrogen-bond donors (Lipinski definition) is 1. The van der Waals surface area contributed by atoms with Gasteiger partial charge in [0.1, 0.15) is 28.8 Å². The van der Waals surface area contributed by atoms with Crippen LogP contribution in [0.2, 0.25) is 5.02 Å². The molecule has 1 N–H and O–H groups in total. The Hall–Kier alpha value is -3.62. The van der Waals surface area contributed by atoms with Gasteiger partial charge >= 0.3 is 5.97 Å². The molecule has 0 spiro atoms. The van der Waals surface area contributed by atoms with E-state index in [1.165, 1.54) is 18.2 Å². The lowest BCUT2D eigenvalue weighted by atomic mass is 9.76. The van der Waals surface area contributed by atoms with Gasteiger partial charge < -0.3 is 23.9 Å². The minimum atomic E-state index is -3.46. The SMILES string of the molecule is CO[C@]1(c2cc(Cl)cnc2O[C@H]2C[C@@H](C(=O)O)N(c3nc(C(F)F)nc4c3oc3ccccc34)C2)CC(C)(C)S(=O)(=O)C[C@@H]1C. The van der Waals surface area contributed by atoms with E-state index in [9.17, 15) is 27.1 Å². The zero-order valence-electron chi connectivity index (χ0n) is 24.8. The van der Waals surface area contributed by atoms with Crippen LogP contribution >= 0.6 is 11.6 Å². The van der Waals surface area contributed by atoms with Gasteiger partial charge in [0.05, 0.1) is 22.1 Å². The second-order valence-corrected chi connectivity index (χ2v) is 15.3. The molecule has 4 aromatic rings. The molecule has 5 heterocycles. The van der Waals surface area contributed by atoms with Gasteiger partial charge in [-0.1, -0.05) is 30.7 Å². The van der Waals surface area contributed by atoms with Crippen molar-refractivity contribution in [2.75, 3.05) is 24.3 Å². The number of alkyl halides is 2. The molecule has 0 bridgehead atoms. The third-order valence-electron chi connectivity index (χ3n) is 8.95. The van der Waals surface area contributed by atoms with Crippen LogP contribution in [-0.4, -0.2) is 70.7 Å². The van der Waals surface area contributed by atoms with Crippen molar-refractivity contribution in [2.24, 2.45) is 5.92 Å². The molecule has 0 unspecified atom stereocenters. The van der Waals surface area contributed by atoms with E-state index in [2.05, 4.69) is 15.0 Å². The van der Waals surface area contributed by atoms with Crippen molar-refractivity contribution < 1.29 is 41.0 Å². The van der Waals surface area contributed by atoms with Gasteiger partial charge in [-0.3, -0.25) is 0 Å². The summed E-state index contributed by atoms with van der Waals surface area (Å²) >= 11 is 6.38. The van der Waals surface area contributed by atoms with Crippen molar-refractivity contribution in [3.63, 3.8) is 0 Å². The van der Waals surface area contributed by atoms with E-state index >= 15 is 0 Å². The highest BCUT2D eigenvalue weighted by atomic mass is 35.5. The first-order valence-electron chi connectivity index (χ1n) is 14.2. The number of anilines is 1. The highest BCUT2D eigenvalue weighted by Crippen LogP contribution is 2.51. The molecule has 0 saturated carbocycles.